The van der Waals surface area contributed by atoms with Crippen LogP contribution < -0.4 is 9.46 Å². The van der Waals surface area contributed by atoms with Gasteiger partial charge < -0.3 is 9.84 Å². The van der Waals surface area contributed by atoms with Gasteiger partial charge in [-0.3, -0.25) is 4.79 Å². The number of hydrogen-bond acceptors (Lipinski definition) is 4. The standard InChI is InChI=1S/C14H17NO5S/c1-9-7-12(5-6-13(9)20-2)21(18,19)15-11-4-3-10(8-11)14(16)17/h3-7,10-11,15H,8H2,1-2H3,(H,16,17). The van der Waals surface area contributed by atoms with Crippen molar-refractivity contribution in [3.05, 3.63) is 35.9 Å². The smallest absolute Gasteiger partial charge is 0.310 e. The number of aliphatic carboxylic acids is 1. The molecule has 0 saturated carbocycles. The van der Waals surface area contributed by atoms with E-state index >= 15 is 0 Å². The number of carbonyl (C=O) groups is 1. The maximum absolute atomic E-state index is 12.3. The van der Waals surface area contributed by atoms with Crippen molar-refractivity contribution in [2.45, 2.75) is 24.3 Å². The monoisotopic (exact) mass is 311 g/mol. The summed E-state index contributed by atoms with van der Waals surface area (Å²) in [5.74, 6) is -0.982. The highest BCUT2D eigenvalue weighted by Gasteiger charge is 2.28. The molecule has 1 aliphatic carbocycles. The van der Waals surface area contributed by atoms with Gasteiger partial charge in [0.1, 0.15) is 5.75 Å². The molecule has 114 valence electrons. The van der Waals surface area contributed by atoms with E-state index in [2.05, 4.69) is 4.72 Å². The minimum Gasteiger partial charge on any atom is -0.496 e. The van der Waals surface area contributed by atoms with Crippen molar-refractivity contribution in [3.63, 3.8) is 0 Å². The Labute approximate surface area is 123 Å². The molecule has 0 heterocycles. The third-order valence-electron chi connectivity index (χ3n) is 3.38. The summed E-state index contributed by atoms with van der Waals surface area (Å²) in [7, 11) is -2.17. The Balaban J connectivity index is 2.15. The summed E-state index contributed by atoms with van der Waals surface area (Å²) >= 11 is 0. The lowest BCUT2D eigenvalue weighted by Gasteiger charge is -2.14. The van der Waals surface area contributed by atoms with Crippen LogP contribution in [-0.2, 0) is 14.8 Å². The van der Waals surface area contributed by atoms with Crippen molar-refractivity contribution in [2.75, 3.05) is 7.11 Å². The maximum Gasteiger partial charge on any atom is 0.310 e. The van der Waals surface area contributed by atoms with Crippen molar-refractivity contribution < 1.29 is 23.1 Å². The molecule has 0 fully saturated rings. The first-order valence-electron chi connectivity index (χ1n) is 6.41. The Morgan fingerprint density at radius 1 is 1.38 bits per heavy atom. The van der Waals surface area contributed by atoms with E-state index < -0.39 is 28.0 Å². The number of carboxylic acid groups (broad SMARTS) is 1. The van der Waals surface area contributed by atoms with Crippen LogP contribution in [0.5, 0.6) is 5.75 Å². The molecular weight excluding hydrogens is 294 g/mol. The van der Waals surface area contributed by atoms with Gasteiger partial charge in [-0.2, -0.15) is 0 Å². The van der Waals surface area contributed by atoms with Crippen molar-refractivity contribution in [3.8, 4) is 5.75 Å². The van der Waals surface area contributed by atoms with Gasteiger partial charge in [0.15, 0.2) is 0 Å². The zero-order chi connectivity index (χ0) is 15.6. The lowest BCUT2D eigenvalue weighted by molar-refractivity contribution is -0.140. The van der Waals surface area contributed by atoms with Gasteiger partial charge in [0.2, 0.25) is 10.0 Å². The largest absolute Gasteiger partial charge is 0.496 e. The number of nitrogens with one attached hydrogen (secondary N) is 1. The van der Waals surface area contributed by atoms with Crippen LogP contribution in [-0.4, -0.2) is 32.6 Å². The quantitative estimate of drug-likeness (QED) is 0.800. The molecule has 0 aromatic heterocycles. The molecule has 2 rings (SSSR count). The number of benzene rings is 1. The Bertz CT molecular complexity index is 681. The molecule has 0 amide bonds. The number of carboxylic acids is 1. The normalized spacial score (nSPS) is 21.4. The lowest BCUT2D eigenvalue weighted by atomic mass is 10.1. The zero-order valence-electron chi connectivity index (χ0n) is 11.7. The second kappa shape index (κ2) is 5.87. The second-order valence-corrected chi connectivity index (χ2v) is 6.64. The van der Waals surface area contributed by atoms with Crippen LogP contribution in [0.2, 0.25) is 0 Å². The number of methoxy groups -OCH3 is 1. The van der Waals surface area contributed by atoms with E-state index in [1.165, 1.54) is 25.3 Å². The molecular formula is C14H17NO5S. The van der Waals surface area contributed by atoms with E-state index in [0.717, 1.165) is 0 Å². The number of aryl methyl sites for hydroxylation is 1. The van der Waals surface area contributed by atoms with E-state index in [-0.39, 0.29) is 11.3 Å². The molecule has 1 aliphatic rings. The fraction of sp³-hybridized carbons (Fsp3) is 0.357. The van der Waals surface area contributed by atoms with Gasteiger partial charge in [-0.15, -0.1) is 0 Å². The topological polar surface area (TPSA) is 92.7 Å². The van der Waals surface area contributed by atoms with Gasteiger partial charge in [-0.25, -0.2) is 13.1 Å². The summed E-state index contributed by atoms with van der Waals surface area (Å²) in [6.45, 7) is 1.76. The first kappa shape index (κ1) is 15.5. The van der Waals surface area contributed by atoms with Gasteiger partial charge in [-0.1, -0.05) is 12.2 Å². The zero-order valence-corrected chi connectivity index (χ0v) is 12.6. The summed E-state index contributed by atoms with van der Waals surface area (Å²) < 4.78 is 32.2. The predicted molar refractivity (Wildman–Crippen MR) is 76.7 cm³/mol. The van der Waals surface area contributed by atoms with Crippen molar-refractivity contribution in [1.82, 2.24) is 4.72 Å². The second-order valence-electron chi connectivity index (χ2n) is 4.92. The van der Waals surface area contributed by atoms with Crippen LogP contribution in [0.3, 0.4) is 0 Å². The van der Waals surface area contributed by atoms with E-state index in [4.69, 9.17) is 9.84 Å². The number of sulfonamides is 1. The summed E-state index contributed by atoms with van der Waals surface area (Å²) in [6, 6.07) is 4.07. The molecule has 0 saturated heterocycles. The Hall–Kier alpha value is -1.86. The lowest BCUT2D eigenvalue weighted by Crippen LogP contribution is -2.33. The van der Waals surface area contributed by atoms with Crippen LogP contribution in [0.4, 0.5) is 0 Å². The van der Waals surface area contributed by atoms with Crippen LogP contribution >= 0.6 is 0 Å². The average Bonchev–Trinajstić information content (AvgIpc) is 2.86. The van der Waals surface area contributed by atoms with E-state index in [1.807, 2.05) is 0 Å². The van der Waals surface area contributed by atoms with Gasteiger partial charge in [0.25, 0.3) is 0 Å². The molecule has 7 heteroatoms. The van der Waals surface area contributed by atoms with Crippen LogP contribution in [0.25, 0.3) is 0 Å². The van der Waals surface area contributed by atoms with Crippen LogP contribution in [0, 0.1) is 12.8 Å². The first-order chi connectivity index (χ1) is 9.83. The van der Waals surface area contributed by atoms with Gasteiger partial charge in [0.05, 0.1) is 17.9 Å². The highest BCUT2D eigenvalue weighted by Crippen LogP contribution is 2.23. The molecule has 2 atom stereocenters. The molecule has 0 radical (unpaired) electrons. The molecule has 0 spiro atoms. The average molecular weight is 311 g/mol. The molecule has 0 aliphatic heterocycles. The highest BCUT2D eigenvalue weighted by molar-refractivity contribution is 7.89. The molecule has 21 heavy (non-hydrogen) atoms. The predicted octanol–water partition coefficient (Wildman–Crippen LogP) is 1.31. The Kier molecular flexibility index (Phi) is 4.34. The number of rotatable bonds is 5. The molecule has 6 nitrogen and oxygen atoms in total. The fourth-order valence-electron chi connectivity index (χ4n) is 2.25. The third kappa shape index (κ3) is 3.43. The summed E-state index contributed by atoms with van der Waals surface area (Å²) in [4.78, 5) is 11.0. The van der Waals surface area contributed by atoms with Crippen LogP contribution in [0.1, 0.15) is 12.0 Å². The van der Waals surface area contributed by atoms with Crippen molar-refractivity contribution in [2.24, 2.45) is 5.92 Å². The van der Waals surface area contributed by atoms with Crippen molar-refractivity contribution >= 4 is 16.0 Å². The van der Waals surface area contributed by atoms with Gasteiger partial charge in [0, 0.05) is 6.04 Å². The molecule has 1 aromatic carbocycles. The Morgan fingerprint density at radius 3 is 2.62 bits per heavy atom. The van der Waals surface area contributed by atoms with Crippen molar-refractivity contribution in [1.29, 1.82) is 0 Å². The third-order valence-corrected chi connectivity index (χ3v) is 4.87. The van der Waals surface area contributed by atoms with E-state index in [9.17, 15) is 13.2 Å². The maximum atomic E-state index is 12.3. The Morgan fingerprint density at radius 2 is 2.10 bits per heavy atom. The number of ether oxygens (including phenoxy) is 1. The molecule has 2 N–H and O–H groups in total. The SMILES string of the molecule is COc1ccc(S(=O)(=O)NC2C=CC(C(=O)O)C2)cc1C. The van der Waals surface area contributed by atoms with Gasteiger partial charge >= 0.3 is 5.97 Å². The minimum atomic E-state index is -3.69. The van der Waals surface area contributed by atoms with E-state index in [1.54, 1.807) is 19.1 Å². The fourth-order valence-corrected chi connectivity index (χ4v) is 3.54. The summed E-state index contributed by atoms with van der Waals surface area (Å²) in [6.07, 6.45) is 3.31. The van der Waals surface area contributed by atoms with Gasteiger partial charge in [-0.05, 0) is 37.1 Å². The minimum absolute atomic E-state index is 0.132. The molecule has 0 bridgehead atoms. The summed E-state index contributed by atoms with van der Waals surface area (Å²) in [5, 5.41) is 8.90. The van der Waals surface area contributed by atoms with Crippen LogP contribution in [0.15, 0.2) is 35.2 Å². The highest BCUT2D eigenvalue weighted by atomic mass is 32.2. The van der Waals surface area contributed by atoms with E-state index in [0.29, 0.717) is 11.3 Å². The molecule has 1 aromatic rings. The summed E-state index contributed by atoms with van der Waals surface area (Å²) in [5.41, 5.74) is 0.714. The number of hydrogen-bond donors (Lipinski definition) is 2. The molecule has 2 unspecified atom stereocenters. The first-order valence-corrected chi connectivity index (χ1v) is 7.90.